The number of hydrogen-bond acceptors (Lipinski definition) is 3. The van der Waals surface area contributed by atoms with Crippen LogP contribution in [0.5, 0.6) is 0 Å². The Balaban J connectivity index is 1.60. The van der Waals surface area contributed by atoms with Gasteiger partial charge in [0.25, 0.3) is 0 Å². The second kappa shape index (κ2) is 5.17. The highest BCUT2D eigenvalue weighted by molar-refractivity contribution is 7.17. The lowest BCUT2D eigenvalue weighted by molar-refractivity contribution is 0.110. The van der Waals surface area contributed by atoms with Gasteiger partial charge in [0, 0.05) is 24.4 Å². The SMILES string of the molecule is c1ccc2c(CNCC3CCCO3)csc2c1. The zero-order valence-electron chi connectivity index (χ0n) is 9.82. The average Bonchev–Trinajstić information content (AvgIpc) is 2.99. The lowest BCUT2D eigenvalue weighted by atomic mass is 10.2. The molecule has 1 aliphatic rings. The Morgan fingerprint density at radius 3 is 3.18 bits per heavy atom. The summed E-state index contributed by atoms with van der Waals surface area (Å²) in [4.78, 5) is 0. The van der Waals surface area contributed by atoms with Gasteiger partial charge < -0.3 is 10.1 Å². The Hall–Kier alpha value is -0.900. The van der Waals surface area contributed by atoms with Crippen LogP contribution in [0.1, 0.15) is 18.4 Å². The highest BCUT2D eigenvalue weighted by Gasteiger charge is 2.14. The number of nitrogens with one attached hydrogen (secondary N) is 1. The van der Waals surface area contributed by atoms with Crippen molar-refractivity contribution in [3.63, 3.8) is 0 Å². The number of fused-ring (bicyclic) bond motifs is 1. The largest absolute Gasteiger partial charge is 0.377 e. The molecule has 1 aromatic heterocycles. The Morgan fingerprint density at radius 2 is 2.29 bits per heavy atom. The van der Waals surface area contributed by atoms with E-state index in [2.05, 4.69) is 35.0 Å². The Bertz CT molecular complexity index is 488. The molecule has 1 N–H and O–H groups in total. The molecule has 1 atom stereocenters. The first-order chi connectivity index (χ1) is 8.43. The van der Waals surface area contributed by atoms with E-state index in [-0.39, 0.29) is 0 Å². The average molecular weight is 247 g/mol. The molecule has 2 heterocycles. The van der Waals surface area contributed by atoms with Crippen molar-refractivity contribution in [3.8, 4) is 0 Å². The number of ether oxygens (including phenoxy) is 1. The minimum Gasteiger partial charge on any atom is -0.377 e. The monoisotopic (exact) mass is 247 g/mol. The van der Waals surface area contributed by atoms with Gasteiger partial charge in [0.2, 0.25) is 0 Å². The van der Waals surface area contributed by atoms with E-state index >= 15 is 0 Å². The van der Waals surface area contributed by atoms with Crippen molar-refractivity contribution in [2.75, 3.05) is 13.2 Å². The van der Waals surface area contributed by atoms with E-state index in [1.807, 2.05) is 11.3 Å². The van der Waals surface area contributed by atoms with Gasteiger partial charge in [-0.3, -0.25) is 0 Å². The zero-order valence-corrected chi connectivity index (χ0v) is 10.6. The summed E-state index contributed by atoms with van der Waals surface area (Å²) in [5.74, 6) is 0. The third kappa shape index (κ3) is 2.51. The maximum absolute atomic E-state index is 5.60. The smallest absolute Gasteiger partial charge is 0.0700 e. The van der Waals surface area contributed by atoms with Crippen LogP contribution >= 0.6 is 11.3 Å². The summed E-state index contributed by atoms with van der Waals surface area (Å²) in [7, 11) is 0. The molecule has 1 unspecified atom stereocenters. The van der Waals surface area contributed by atoms with Gasteiger partial charge in [-0.2, -0.15) is 0 Å². The molecule has 2 nitrogen and oxygen atoms in total. The fourth-order valence-electron chi connectivity index (χ4n) is 2.34. The van der Waals surface area contributed by atoms with Crippen LogP contribution in [0, 0.1) is 0 Å². The standard InChI is InChI=1S/C14H17NOS/c1-2-6-14-13(5-1)11(10-17-14)8-15-9-12-4-3-7-16-12/h1-2,5-6,10,12,15H,3-4,7-9H2. The van der Waals surface area contributed by atoms with Gasteiger partial charge in [0.15, 0.2) is 0 Å². The third-order valence-corrected chi connectivity index (χ3v) is 4.28. The van der Waals surface area contributed by atoms with Gasteiger partial charge in [-0.05, 0) is 35.2 Å². The van der Waals surface area contributed by atoms with E-state index in [0.29, 0.717) is 6.10 Å². The van der Waals surface area contributed by atoms with E-state index in [0.717, 1.165) is 19.7 Å². The van der Waals surface area contributed by atoms with Crippen LogP contribution in [-0.2, 0) is 11.3 Å². The van der Waals surface area contributed by atoms with Crippen molar-refractivity contribution in [2.24, 2.45) is 0 Å². The topological polar surface area (TPSA) is 21.3 Å². The van der Waals surface area contributed by atoms with E-state index in [4.69, 9.17) is 4.74 Å². The van der Waals surface area contributed by atoms with Crippen molar-refractivity contribution < 1.29 is 4.74 Å². The van der Waals surface area contributed by atoms with Crippen LogP contribution in [0.25, 0.3) is 10.1 Å². The quantitative estimate of drug-likeness (QED) is 0.896. The molecule has 2 aromatic rings. The van der Waals surface area contributed by atoms with Gasteiger partial charge in [-0.1, -0.05) is 18.2 Å². The lowest BCUT2D eigenvalue weighted by Crippen LogP contribution is -2.25. The number of thiophene rings is 1. The summed E-state index contributed by atoms with van der Waals surface area (Å²) in [5.41, 5.74) is 1.41. The molecule has 0 radical (unpaired) electrons. The predicted octanol–water partition coefficient (Wildman–Crippen LogP) is 3.17. The van der Waals surface area contributed by atoms with Gasteiger partial charge in [-0.25, -0.2) is 0 Å². The van der Waals surface area contributed by atoms with Crippen LogP contribution in [0.2, 0.25) is 0 Å². The Kier molecular flexibility index (Phi) is 3.41. The molecule has 0 spiro atoms. The van der Waals surface area contributed by atoms with Crippen LogP contribution in [-0.4, -0.2) is 19.3 Å². The van der Waals surface area contributed by atoms with Crippen LogP contribution in [0.15, 0.2) is 29.6 Å². The summed E-state index contributed by atoms with van der Waals surface area (Å²) in [6.07, 6.45) is 2.85. The molecule has 1 saturated heterocycles. The molecule has 0 bridgehead atoms. The number of hydrogen-bond donors (Lipinski definition) is 1. The summed E-state index contributed by atoms with van der Waals surface area (Å²) in [5, 5.41) is 7.15. The minimum atomic E-state index is 0.430. The summed E-state index contributed by atoms with van der Waals surface area (Å²) in [6.45, 7) is 2.86. The first kappa shape index (κ1) is 11.2. The zero-order chi connectivity index (χ0) is 11.5. The molecule has 0 amide bonds. The van der Waals surface area contributed by atoms with Crippen LogP contribution in [0.3, 0.4) is 0 Å². The second-order valence-corrected chi connectivity index (χ2v) is 5.43. The molecule has 1 fully saturated rings. The van der Waals surface area contributed by atoms with E-state index < -0.39 is 0 Å². The highest BCUT2D eigenvalue weighted by atomic mass is 32.1. The normalized spacial score (nSPS) is 20.1. The molecule has 90 valence electrons. The van der Waals surface area contributed by atoms with E-state index in [1.54, 1.807) is 0 Å². The van der Waals surface area contributed by atoms with Crippen molar-refractivity contribution in [1.29, 1.82) is 0 Å². The maximum atomic E-state index is 5.60. The highest BCUT2D eigenvalue weighted by Crippen LogP contribution is 2.25. The molecule has 0 aliphatic carbocycles. The summed E-state index contributed by atoms with van der Waals surface area (Å²) >= 11 is 1.83. The number of rotatable bonds is 4. The predicted molar refractivity (Wildman–Crippen MR) is 72.5 cm³/mol. The van der Waals surface area contributed by atoms with Gasteiger partial charge in [0.1, 0.15) is 0 Å². The molecule has 17 heavy (non-hydrogen) atoms. The molecular weight excluding hydrogens is 230 g/mol. The van der Waals surface area contributed by atoms with Crippen molar-refractivity contribution in [1.82, 2.24) is 5.32 Å². The first-order valence-corrected chi connectivity index (χ1v) is 7.09. The second-order valence-electron chi connectivity index (χ2n) is 4.52. The number of benzene rings is 1. The Labute approximate surface area is 106 Å². The fourth-order valence-corrected chi connectivity index (χ4v) is 3.31. The van der Waals surface area contributed by atoms with Gasteiger partial charge in [-0.15, -0.1) is 11.3 Å². The van der Waals surface area contributed by atoms with Gasteiger partial charge in [0.05, 0.1) is 6.10 Å². The molecule has 3 heteroatoms. The van der Waals surface area contributed by atoms with Crippen molar-refractivity contribution in [3.05, 3.63) is 35.2 Å². The molecule has 3 rings (SSSR count). The van der Waals surface area contributed by atoms with Gasteiger partial charge >= 0.3 is 0 Å². The summed E-state index contributed by atoms with van der Waals surface area (Å²) in [6, 6.07) is 8.60. The maximum Gasteiger partial charge on any atom is 0.0700 e. The van der Waals surface area contributed by atoms with Crippen LogP contribution < -0.4 is 5.32 Å². The molecule has 1 aliphatic heterocycles. The lowest BCUT2D eigenvalue weighted by Gasteiger charge is -2.10. The van der Waals surface area contributed by atoms with Crippen molar-refractivity contribution >= 4 is 21.4 Å². The van der Waals surface area contributed by atoms with Crippen molar-refractivity contribution in [2.45, 2.75) is 25.5 Å². The first-order valence-electron chi connectivity index (χ1n) is 6.21. The molecular formula is C14H17NOS. The Morgan fingerprint density at radius 1 is 1.35 bits per heavy atom. The summed E-state index contributed by atoms with van der Waals surface area (Å²) < 4.78 is 6.98. The minimum absolute atomic E-state index is 0.430. The third-order valence-electron chi connectivity index (χ3n) is 3.27. The fraction of sp³-hybridized carbons (Fsp3) is 0.429. The van der Waals surface area contributed by atoms with E-state index in [9.17, 15) is 0 Å². The molecule has 1 aromatic carbocycles. The molecule has 0 saturated carbocycles. The van der Waals surface area contributed by atoms with Crippen LogP contribution in [0.4, 0.5) is 0 Å². The van der Waals surface area contributed by atoms with E-state index in [1.165, 1.54) is 28.5 Å².